The zero-order valence-electron chi connectivity index (χ0n) is 14.1. The number of aryl methyl sites for hydroxylation is 2. The number of carbonyl (C=O) groups is 2. The van der Waals surface area contributed by atoms with Crippen molar-refractivity contribution in [1.82, 2.24) is 0 Å². The van der Waals surface area contributed by atoms with Gasteiger partial charge in [-0.2, -0.15) is 0 Å². The minimum Gasteiger partial charge on any atom is -0.330 e. The van der Waals surface area contributed by atoms with E-state index in [0.29, 0.717) is 36.3 Å². The summed E-state index contributed by atoms with van der Waals surface area (Å²) in [6.45, 7) is 4.29. The minimum atomic E-state index is -0.200. The molecule has 0 spiro atoms. The lowest BCUT2D eigenvalue weighted by Gasteiger charge is -2.14. The van der Waals surface area contributed by atoms with Gasteiger partial charge in [-0.15, -0.1) is 0 Å². The lowest BCUT2D eigenvalue weighted by molar-refractivity contribution is -0.116. The highest BCUT2D eigenvalue weighted by atomic mass is 16.2. The van der Waals surface area contributed by atoms with Crippen molar-refractivity contribution in [3.8, 4) is 0 Å². The van der Waals surface area contributed by atoms with Crippen LogP contribution in [0.15, 0.2) is 42.5 Å². The summed E-state index contributed by atoms with van der Waals surface area (Å²) in [6, 6.07) is 12.9. The topological polar surface area (TPSA) is 84.2 Å². The Bertz CT molecular complexity index is 741. The zero-order chi connectivity index (χ0) is 17.5. The molecule has 0 atom stereocenters. The average Bonchev–Trinajstić information content (AvgIpc) is 2.55. The van der Waals surface area contributed by atoms with Gasteiger partial charge < -0.3 is 16.4 Å². The molecule has 2 aromatic rings. The first-order chi connectivity index (χ1) is 11.5. The fourth-order valence-corrected chi connectivity index (χ4v) is 2.36. The molecule has 0 bridgehead atoms. The maximum atomic E-state index is 12.5. The van der Waals surface area contributed by atoms with E-state index < -0.39 is 0 Å². The predicted molar refractivity (Wildman–Crippen MR) is 97.2 cm³/mol. The molecule has 2 amide bonds. The Morgan fingerprint density at radius 3 is 2.46 bits per heavy atom. The van der Waals surface area contributed by atoms with Gasteiger partial charge in [0.15, 0.2) is 0 Å². The van der Waals surface area contributed by atoms with E-state index in [1.807, 2.05) is 44.2 Å². The van der Waals surface area contributed by atoms with Crippen molar-refractivity contribution in [3.63, 3.8) is 0 Å². The summed E-state index contributed by atoms with van der Waals surface area (Å²) < 4.78 is 0. The van der Waals surface area contributed by atoms with Gasteiger partial charge in [-0.25, -0.2) is 0 Å². The van der Waals surface area contributed by atoms with Crippen molar-refractivity contribution >= 4 is 23.2 Å². The van der Waals surface area contributed by atoms with Crippen molar-refractivity contribution in [2.45, 2.75) is 26.7 Å². The average molecular weight is 325 g/mol. The Balaban J connectivity index is 2.19. The summed E-state index contributed by atoms with van der Waals surface area (Å²) in [4.78, 5) is 24.5. The van der Waals surface area contributed by atoms with Crippen LogP contribution in [0, 0.1) is 13.8 Å². The van der Waals surface area contributed by atoms with Crippen molar-refractivity contribution in [3.05, 3.63) is 59.2 Å². The monoisotopic (exact) mass is 325 g/mol. The number of amides is 2. The van der Waals surface area contributed by atoms with Gasteiger partial charge in [0, 0.05) is 12.0 Å². The molecule has 24 heavy (non-hydrogen) atoms. The van der Waals surface area contributed by atoms with E-state index in [0.717, 1.165) is 11.1 Å². The van der Waals surface area contributed by atoms with Gasteiger partial charge >= 0.3 is 0 Å². The molecule has 5 heteroatoms. The molecule has 0 aliphatic rings. The summed E-state index contributed by atoms with van der Waals surface area (Å²) in [5, 5.41) is 5.73. The first-order valence-electron chi connectivity index (χ1n) is 7.99. The Labute approximate surface area is 142 Å². The number of carbonyl (C=O) groups excluding carboxylic acids is 2. The molecular weight excluding hydrogens is 302 g/mol. The van der Waals surface area contributed by atoms with Crippen LogP contribution in [0.3, 0.4) is 0 Å². The fraction of sp³-hybridized carbons (Fsp3) is 0.263. The fourth-order valence-electron chi connectivity index (χ4n) is 2.36. The second-order valence-electron chi connectivity index (χ2n) is 5.76. The Morgan fingerprint density at radius 1 is 1.00 bits per heavy atom. The number of nitrogens with one attached hydrogen (secondary N) is 2. The van der Waals surface area contributed by atoms with E-state index in [-0.39, 0.29) is 11.8 Å². The lowest BCUT2D eigenvalue weighted by atomic mass is 10.1. The molecule has 0 aromatic heterocycles. The maximum Gasteiger partial charge on any atom is 0.255 e. The Morgan fingerprint density at radius 2 is 1.75 bits per heavy atom. The summed E-state index contributed by atoms with van der Waals surface area (Å²) in [5.41, 5.74) is 9.11. The number of nitrogens with two attached hydrogens (primary N) is 1. The molecule has 0 aliphatic carbocycles. The Kier molecular flexibility index (Phi) is 6.09. The quantitative estimate of drug-likeness (QED) is 0.762. The van der Waals surface area contributed by atoms with Crippen LogP contribution in [0.2, 0.25) is 0 Å². The van der Waals surface area contributed by atoms with Crippen LogP contribution in [0.5, 0.6) is 0 Å². The minimum absolute atomic E-state index is 0.113. The lowest BCUT2D eigenvalue weighted by Crippen LogP contribution is -2.18. The highest BCUT2D eigenvalue weighted by Gasteiger charge is 2.12. The molecule has 5 nitrogen and oxygen atoms in total. The molecule has 126 valence electrons. The van der Waals surface area contributed by atoms with Crippen LogP contribution in [0.25, 0.3) is 0 Å². The van der Waals surface area contributed by atoms with Crippen LogP contribution < -0.4 is 16.4 Å². The van der Waals surface area contributed by atoms with Gasteiger partial charge in [-0.05, 0) is 56.1 Å². The van der Waals surface area contributed by atoms with Crippen molar-refractivity contribution in [1.29, 1.82) is 0 Å². The second kappa shape index (κ2) is 8.26. The standard InChI is InChI=1S/C19H23N3O2/c1-13-9-10-16(17(12-13)21-18(23)8-5-11-20)22-19(24)15-7-4-3-6-14(15)2/h3-4,6-7,9-10,12H,5,8,11,20H2,1-2H3,(H,21,23)(H,22,24). The molecule has 0 fully saturated rings. The molecule has 4 N–H and O–H groups in total. The summed E-state index contributed by atoms with van der Waals surface area (Å²) in [6.07, 6.45) is 0.984. The highest BCUT2D eigenvalue weighted by molar-refractivity contribution is 6.08. The molecule has 2 aromatic carbocycles. The van der Waals surface area contributed by atoms with Crippen LogP contribution in [0.1, 0.15) is 34.3 Å². The first kappa shape index (κ1) is 17.7. The number of hydrogen-bond acceptors (Lipinski definition) is 3. The summed E-state index contributed by atoms with van der Waals surface area (Å²) >= 11 is 0. The third kappa shape index (κ3) is 4.67. The van der Waals surface area contributed by atoms with Gasteiger partial charge in [0.1, 0.15) is 0 Å². The molecule has 0 saturated heterocycles. The van der Waals surface area contributed by atoms with E-state index in [4.69, 9.17) is 5.73 Å². The second-order valence-corrected chi connectivity index (χ2v) is 5.76. The van der Waals surface area contributed by atoms with Crippen LogP contribution in [-0.4, -0.2) is 18.4 Å². The number of benzene rings is 2. The molecule has 0 saturated carbocycles. The SMILES string of the molecule is Cc1ccc(NC(=O)c2ccccc2C)c(NC(=O)CCCN)c1. The van der Waals surface area contributed by atoms with Crippen molar-refractivity contribution in [2.24, 2.45) is 5.73 Å². The van der Waals surface area contributed by atoms with Crippen molar-refractivity contribution < 1.29 is 9.59 Å². The summed E-state index contributed by atoms with van der Waals surface area (Å²) in [5.74, 6) is -0.313. The largest absolute Gasteiger partial charge is 0.330 e. The normalized spacial score (nSPS) is 10.3. The summed E-state index contributed by atoms with van der Waals surface area (Å²) in [7, 11) is 0. The van der Waals surface area contributed by atoms with Gasteiger partial charge in [-0.1, -0.05) is 24.3 Å². The van der Waals surface area contributed by atoms with E-state index >= 15 is 0 Å². The van der Waals surface area contributed by atoms with E-state index in [1.54, 1.807) is 12.1 Å². The third-order valence-corrected chi connectivity index (χ3v) is 3.70. The van der Waals surface area contributed by atoms with Gasteiger partial charge in [0.05, 0.1) is 11.4 Å². The maximum absolute atomic E-state index is 12.5. The molecule has 0 radical (unpaired) electrons. The van der Waals surface area contributed by atoms with Crippen LogP contribution in [-0.2, 0) is 4.79 Å². The van der Waals surface area contributed by atoms with Crippen molar-refractivity contribution in [2.75, 3.05) is 17.2 Å². The van der Waals surface area contributed by atoms with E-state index in [9.17, 15) is 9.59 Å². The Hall–Kier alpha value is -2.66. The number of anilines is 2. The number of hydrogen-bond donors (Lipinski definition) is 3. The molecule has 2 rings (SSSR count). The third-order valence-electron chi connectivity index (χ3n) is 3.70. The number of rotatable bonds is 6. The van der Waals surface area contributed by atoms with E-state index in [2.05, 4.69) is 10.6 Å². The molecule has 0 heterocycles. The van der Waals surface area contributed by atoms with Gasteiger partial charge in [0.25, 0.3) is 5.91 Å². The highest BCUT2D eigenvalue weighted by Crippen LogP contribution is 2.24. The van der Waals surface area contributed by atoms with Gasteiger partial charge in [-0.3, -0.25) is 9.59 Å². The van der Waals surface area contributed by atoms with Gasteiger partial charge in [0.2, 0.25) is 5.91 Å². The van der Waals surface area contributed by atoms with Crippen LogP contribution in [0.4, 0.5) is 11.4 Å². The predicted octanol–water partition coefficient (Wildman–Crippen LogP) is 3.23. The molecule has 0 aliphatic heterocycles. The molecule has 0 unspecified atom stereocenters. The smallest absolute Gasteiger partial charge is 0.255 e. The zero-order valence-corrected chi connectivity index (χ0v) is 14.1. The van der Waals surface area contributed by atoms with Crippen LogP contribution >= 0.6 is 0 Å². The van der Waals surface area contributed by atoms with E-state index in [1.165, 1.54) is 0 Å². The molecular formula is C19H23N3O2. The first-order valence-corrected chi connectivity index (χ1v) is 7.99.